The van der Waals surface area contributed by atoms with Gasteiger partial charge in [-0.1, -0.05) is 0 Å². The van der Waals surface area contributed by atoms with Gasteiger partial charge in [0.2, 0.25) is 0 Å². The van der Waals surface area contributed by atoms with E-state index < -0.39 is 0 Å². The Labute approximate surface area is 95.5 Å². The molecule has 2 heterocycles. The summed E-state index contributed by atoms with van der Waals surface area (Å²) in [4.78, 5) is 8.69. The van der Waals surface area contributed by atoms with Crippen LogP contribution in [0.25, 0.3) is 11.0 Å². The van der Waals surface area contributed by atoms with Crippen LogP contribution in [0.3, 0.4) is 0 Å². The molecule has 0 unspecified atom stereocenters. The van der Waals surface area contributed by atoms with Crippen molar-refractivity contribution in [2.75, 3.05) is 0 Å². The molecule has 2 aromatic heterocycles. The van der Waals surface area contributed by atoms with Crippen molar-refractivity contribution in [3.05, 3.63) is 24.3 Å². The Morgan fingerprint density at radius 2 is 2.19 bits per heavy atom. The lowest BCUT2D eigenvalue weighted by molar-refractivity contribution is 0.468. The summed E-state index contributed by atoms with van der Waals surface area (Å²) in [7, 11) is 2.02. The Morgan fingerprint density at radius 3 is 2.81 bits per heavy atom. The molecule has 86 valence electrons. The number of hydrogen-bond donors (Lipinski definition) is 1. The molecule has 0 spiro atoms. The summed E-state index contributed by atoms with van der Waals surface area (Å²) in [6.45, 7) is 4.08. The fourth-order valence-corrected chi connectivity index (χ4v) is 1.74. The van der Waals surface area contributed by atoms with Crippen molar-refractivity contribution in [1.29, 1.82) is 0 Å². The van der Waals surface area contributed by atoms with Gasteiger partial charge in [0.15, 0.2) is 0 Å². The Balaban J connectivity index is 2.28. The molecule has 2 rings (SSSR count). The second-order valence-electron chi connectivity index (χ2n) is 4.94. The van der Waals surface area contributed by atoms with Gasteiger partial charge in [-0.25, -0.2) is 4.98 Å². The van der Waals surface area contributed by atoms with Gasteiger partial charge in [0.05, 0.1) is 17.2 Å². The third kappa shape index (κ3) is 2.22. The summed E-state index contributed by atoms with van der Waals surface area (Å²) in [5, 5.41) is 0. The first-order valence-corrected chi connectivity index (χ1v) is 5.51. The molecular formula is C12H18N4. The molecule has 0 radical (unpaired) electrons. The minimum absolute atomic E-state index is 0.142. The Morgan fingerprint density at radius 1 is 1.44 bits per heavy atom. The van der Waals surface area contributed by atoms with Crippen molar-refractivity contribution < 1.29 is 0 Å². The van der Waals surface area contributed by atoms with E-state index in [0.717, 1.165) is 29.7 Å². The van der Waals surface area contributed by atoms with E-state index in [1.54, 1.807) is 6.20 Å². The highest BCUT2D eigenvalue weighted by molar-refractivity contribution is 5.74. The molecule has 4 heteroatoms. The lowest BCUT2D eigenvalue weighted by atomic mass is 10.00. The number of nitrogens with zero attached hydrogens (tertiary/aromatic N) is 3. The van der Waals surface area contributed by atoms with Crippen LogP contribution >= 0.6 is 0 Å². The predicted molar refractivity (Wildman–Crippen MR) is 65.1 cm³/mol. The van der Waals surface area contributed by atoms with E-state index in [9.17, 15) is 0 Å². The zero-order chi connectivity index (χ0) is 11.8. The van der Waals surface area contributed by atoms with Crippen LogP contribution in [-0.2, 0) is 13.5 Å². The summed E-state index contributed by atoms with van der Waals surface area (Å²) in [5.74, 6) is 1.07. The third-order valence-corrected chi connectivity index (χ3v) is 2.77. The Bertz CT molecular complexity index is 493. The van der Waals surface area contributed by atoms with Crippen LogP contribution in [0.15, 0.2) is 18.5 Å². The first-order chi connectivity index (χ1) is 7.47. The number of rotatable bonds is 3. The van der Waals surface area contributed by atoms with E-state index in [-0.39, 0.29) is 5.54 Å². The smallest absolute Gasteiger partial charge is 0.109 e. The maximum absolute atomic E-state index is 5.98. The molecule has 0 amide bonds. The van der Waals surface area contributed by atoms with Gasteiger partial charge in [0, 0.05) is 25.2 Å². The molecule has 16 heavy (non-hydrogen) atoms. The third-order valence-electron chi connectivity index (χ3n) is 2.77. The molecule has 0 saturated carbocycles. The standard InChI is InChI=1S/C12H18N4/c1-12(2,13)6-4-11-15-9-5-7-14-8-10(9)16(11)3/h5,7-8H,4,6,13H2,1-3H3. The average molecular weight is 218 g/mol. The van der Waals surface area contributed by atoms with Gasteiger partial charge in [-0.3, -0.25) is 4.98 Å². The molecule has 2 N–H and O–H groups in total. The van der Waals surface area contributed by atoms with Crippen LogP contribution in [0.4, 0.5) is 0 Å². The number of aromatic nitrogens is 3. The SMILES string of the molecule is Cn1c(CCC(C)(C)N)nc2ccncc21. The highest BCUT2D eigenvalue weighted by Gasteiger charge is 2.13. The molecule has 0 aliphatic rings. The van der Waals surface area contributed by atoms with Crippen LogP contribution < -0.4 is 5.73 Å². The number of aryl methyl sites for hydroxylation is 2. The summed E-state index contributed by atoms with van der Waals surface area (Å²) in [6.07, 6.45) is 5.44. The zero-order valence-electron chi connectivity index (χ0n) is 10.1. The second-order valence-corrected chi connectivity index (χ2v) is 4.94. The molecule has 0 fully saturated rings. The first kappa shape index (κ1) is 11.1. The van der Waals surface area contributed by atoms with Crippen LogP contribution in [0.5, 0.6) is 0 Å². The quantitative estimate of drug-likeness (QED) is 0.852. The summed E-state index contributed by atoms with van der Waals surface area (Å²) in [5.41, 5.74) is 7.91. The molecule has 0 bridgehead atoms. The van der Waals surface area contributed by atoms with E-state index in [0.29, 0.717) is 0 Å². The van der Waals surface area contributed by atoms with Gasteiger partial charge >= 0.3 is 0 Å². The van der Waals surface area contributed by atoms with Crippen LogP contribution in [-0.4, -0.2) is 20.1 Å². The van der Waals surface area contributed by atoms with E-state index >= 15 is 0 Å². The number of nitrogens with two attached hydrogens (primary N) is 1. The van der Waals surface area contributed by atoms with Crippen molar-refractivity contribution >= 4 is 11.0 Å². The van der Waals surface area contributed by atoms with Crippen LogP contribution in [0.2, 0.25) is 0 Å². The van der Waals surface area contributed by atoms with Crippen LogP contribution in [0.1, 0.15) is 26.1 Å². The summed E-state index contributed by atoms with van der Waals surface area (Å²) < 4.78 is 2.09. The molecule has 2 aromatic rings. The largest absolute Gasteiger partial charge is 0.330 e. The molecule has 0 aliphatic carbocycles. The van der Waals surface area contributed by atoms with Crippen molar-refractivity contribution in [1.82, 2.24) is 14.5 Å². The summed E-state index contributed by atoms with van der Waals surface area (Å²) >= 11 is 0. The first-order valence-electron chi connectivity index (χ1n) is 5.51. The predicted octanol–water partition coefficient (Wildman–Crippen LogP) is 1.64. The fourth-order valence-electron chi connectivity index (χ4n) is 1.74. The molecular weight excluding hydrogens is 200 g/mol. The van der Waals surface area contributed by atoms with Crippen molar-refractivity contribution in [3.63, 3.8) is 0 Å². The van der Waals surface area contributed by atoms with E-state index in [1.165, 1.54) is 0 Å². The van der Waals surface area contributed by atoms with Crippen molar-refractivity contribution in [2.24, 2.45) is 12.8 Å². The average Bonchev–Trinajstić information content (AvgIpc) is 2.53. The normalized spacial score (nSPS) is 12.2. The molecule has 0 aliphatic heterocycles. The van der Waals surface area contributed by atoms with Gasteiger partial charge in [-0.05, 0) is 26.3 Å². The molecule has 0 atom stereocenters. The molecule has 0 saturated heterocycles. The number of fused-ring (bicyclic) bond motifs is 1. The lowest BCUT2D eigenvalue weighted by Gasteiger charge is -2.17. The minimum atomic E-state index is -0.142. The maximum Gasteiger partial charge on any atom is 0.109 e. The highest BCUT2D eigenvalue weighted by atomic mass is 15.1. The van der Waals surface area contributed by atoms with Gasteiger partial charge < -0.3 is 10.3 Å². The van der Waals surface area contributed by atoms with Crippen LogP contribution in [0, 0.1) is 0 Å². The zero-order valence-corrected chi connectivity index (χ0v) is 10.1. The van der Waals surface area contributed by atoms with Crippen molar-refractivity contribution in [3.8, 4) is 0 Å². The monoisotopic (exact) mass is 218 g/mol. The number of imidazole rings is 1. The lowest BCUT2D eigenvalue weighted by Crippen LogP contribution is -2.32. The highest BCUT2D eigenvalue weighted by Crippen LogP contribution is 2.16. The van der Waals surface area contributed by atoms with Crippen molar-refractivity contribution in [2.45, 2.75) is 32.2 Å². The maximum atomic E-state index is 5.98. The minimum Gasteiger partial charge on any atom is -0.330 e. The number of hydrogen-bond acceptors (Lipinski definition) is 3. The van der Waals surface area contributed by atoms with Gasteiger partial charge in [0.1, 0.15) is 5.82 Å². The molecule has 0 aromatic carbocycles. The Hall–Kier alpha value is -1.42. The second kappa shape index (κ2) is 3.87. The Kier molecular flexibility index (Phi) is 2.68. The molecule has 4 nitrogen and oxygen atoms in total. The van der Waals surface area contributed by atoms with Gasteiger partial charge in [0.25, 0.3) is 0 Å². The number of pyridine rings is 1. The van der Waals surface area contributed by atoms with E-state index in [2.05, 4.69) is 14.5 Å². The van der Waals surface area contributed by atoms with Gasteiger partial charge in [-0.15, -0.1) is 0 Å². The topological polar surface area (TPSA) is 56.7 Å². The van der Waals surface area contributed by atoms with E-state index in [1.807, 2.05) is 33.2 Å². The van der Waals surface area contributed by atoms with E-state index in [4.69, 9.17) is 5.73 Å². The van der Waals surface area contributed by atoms with Gasteiger partial charge in [-0.2, -0.15) is 0 Å². The fraction of sp³-hybridized carbons (Fsp3) is 0.500. The summed E-state index contributed by atoms with van der Waals surface area (Å²) in [6, 6.07) is 1.94.